The molecule has 0 bridgehead atoms. The predicted molar refractivity (Wildman–Crippen MR) is 148 cm³/mol. The first kappa shape index (κ1) is 22.0. The van der Waals surface area contributed by atoms with Crippen LogP contribution in [0.25, 0.3) is 10.9 Å². The number of halogens is 1. The molecule has 4 aromatic carbocycles. The van der Waals surface area contributed by atoms with Gasteiger partial charge in [-0.2, -0.15) is 0 Å². The summed E-state index contributed by atoms with van der Waals surface area (Å²) in [6, 6.07) is 37.1. The van der Waals surface area contributed by atoms with Crippen molar-refractivity contribution in [3.63, 3.8) is 0 Å². The summed E-state index contributed by atoms with van der Waals surface area (Å²) in [6.45, 7) is 1.83. The summed E-state index contributed by atoms with van der Waals surface area (Å²) in [6.07, 6.45) is 0.996. The number of fused-ring (bicyclic) bond motifs is 3. The number of ether oxygens (including phenoxy) is 1. The van der Waals surface area contributed by atoms with Crippen LogP contribution in [0.1, 0.15) is 28.4 Å². The van der Waals surface area contributed by atoms with Crippen LogP contribution in [0.2, 0.25) is 0 Å². The first-order chi connectivity index (χ1) is 17.2. The molecule has 0 radical (unpaired) electrons. The maximum Gasteiger partial charge on any atom is 0.119 e. The lowest BCUT2D eigenvalue weighted by Gasteiger charge is -2.39. The SMILES string of the molecule is COc1ccc(N2CCc3c(c4ccccc4n3Cc3ccccc3)C2c2ccc(Br)cc2)cc1. The molecule has 0 fully saturated rings. The zero-order chi connectivity index (χ0) is 23.8. The van der Waals surface area contributed by atoms with Crippen molar-refractivity contribution in [1.29, 1.82) is 0 Å². The Balaban J connectivity index is 1.55. The van der Waals surface area contributed by atoms with Gasteiger partial charge in [0.15, 0.2) is 0 Å². The Morgan fingerprint density at radius 3 is 2.29 bits per heavy atom. The largest absolute Gasteiger partial charge is 0.497 e. The minimum atomic E-state index is 0.127. The van der Waals surface area contributed by atoms with Crippen LogP contribution in [0.5, 0.6) is 5.75 Å². The van der Waals surface area contributed by atoms with Gasteiger partial charge in [-0.1, -0.05) is 76.6 Å². The molecule has 1 aliphatic rings. The predicted octanol–water partition coefficient (Wildman–Crippen LogP) is 7.61. The van der Waals surface area contributed by atoms with E-state index in [-0.39, 0.29) is 6.04 Å². The molecule has 0 N–H and O–H groups in total. The van der Waals surface area contributed by atoms with E-state index in [1.165, 1.54) is 39.0 Å². The van der Waals surface area contributed by atoms with Crippen LogP contribution in [0, 0.1) is 0 Å². The smallest absolute Gasteiger partial charge is 0.119 e. The van der Waals surface area contributed by atoms with Gasteiger partial charge >= 0.3 is 0 Å². The maximum absolute atomic E-state index is 5.43. The summed E-state index contributed by atoms with van der Waals surface area (Å²) >= 11 is 3.63. The topological polar surface area (TPSA) is 17.4 Å². The molecule has 3 nitrogen and oxygen atoms in total. The zero-order valence-electron chi connectivity index (χ0n) is 19.7. The van der Waals surface area contributed by atoms with Crippen LogP contribution >= 0.6 is 15.9 Å². The fourth-order valence-electron chi connectivity index (χ4n) is 5.46. The van der Waals surface area contributed by atoms with Gasteiger partial charge in [0.1, 0.15) is 5.75 Å². The third kappa shape index (κ3) is 4.02. The van der Waals surface area contributed by atoms with Crippen LogP contribution in [0.3, 0.4) is 0 Å². The van der Waals surface area contributed by atoms with Gasteiger partial charge in [0.05, 0.1) is 13.2 Å². The fourth-order valence-corrected chi connectivity index (χ4v) is 5.72. The van der Waals surface area contributed by atoms with Crippen LogP contribution in [-0.2, 0) is 13.0 Å². The monoisotopic (exact) mass is 522 g/mol. The number of hydrogen-bond acceptors (Lipinski definition) is 2. The van der Waals surface area contributed by atoms with Crippen LogP contribution in [0.4, 0.5) is 5.69 Å². The molecule has 2 heterocycles. The summed E-state index contributed by atoms with van der Waals surface area (Å²) in [5.74, 6) is 0.881. The van der Waals surface area contributed by atoms with E-state index in [0.29, 0.717) is 0 Å². The van der Waals surface area contributed by atoms with Crippen molar-refractivity contribution < 1.29 is 4.74 Å². The average Bonchev–Trinajstić information content (AvgIpc) is 3.23. The molecule has 35 heavy (non-hydrogen) atoms. The minimum Gasteiger partial charge on any atom is -0.497 e. The van der Waals surface area contributed by atoms with Gasteiger partial charge in [0.25, 0.3) is 0 Å². The second-order valence-corrected chi connectivity index (χ2v) is 9.96. The Morgan fingerprint density at radius 1 is 0.829 bits per heavy atom. The van der Waals surface area contributed by atoms with Crippen molar-refractivity contribution in [3.05, 3.63) is 130 Å². The number of hydrogen-bond donors (Lipinski definition) is 0. The molecule has 0 aliphatic carbocycles. The molecule has 5 aromatic rings. The van der Waals surface area contributed by atoms with E-state index >= 15 is 0 Å². The van der Waals surface area contributed by atoms with Gasteiger partial charge in [0, 0.05) is 51.8 Å². The van der Waals surface area contributed by atoms with Gasteiger partial charge in [-0.05, 0) is 53.6 Å². The lowest BCUT2D eigenvalue weighted by molar-refractivity contribution is 0.414. The first-order valence-corrected chi connectivity index (χ1v) is 12.8. The Kier molecular flexibility index (Phi) is 5.83. The number of nitrogens with zero attached hydrogens (tertiary/aromatic N) is 2. The van der Waals surface area contributed by atoms with Crippen molar-refractivity contribution in [3.8, 4) is 5.75 Å². The van der Waals surface area contributed by atoms with E-state index in [1.54, 1.807) is 7.11 Å². The summed E-state index contributed by atoms with van der Waals surface area (Å²) in [5, 5.41) is 1.34. The maximum atomic E-state index is 5.43. The van der Waals surface area contributed by atoms with Crippen LogP contribution in [-0.4, -0.2) is 18.2 Å². The van der Waals surface area contributed by atoms with E-state index in [2.05, 4.69) is 129 Å². The van der Waals surface area contributed by atoms with Crippen molar-refractivity contribution >= 4 is 32.5 Å². The summed E-state index contributed by atoms with van der Waals surface area (Å²) in [5.41, 5.74) is 8.00. The van der Waals surface area contributed by atoms with Crippen molar-refractivity contribution in [2.24, 2.45) is 0 Å². The highest BCUT2D eigenvalue weighted by molar-refractivity contribution is 9.10. The van der Waals surface area contributed by atoms with Gasteiger partial charge in [0.2, 0.25) is 0 Å². The molecule has 4 heteroatoms. The lowest BCUT2D eigenvalue weighted by Crippen LogP contribution is -2.36. The highest BCUT2D eigenvalue weighted by atomic mass is 79.9. The standard InChI is InChI=1S/C31H27BrN2O/c1-35-26-17-15-25(16-18-26)33-20-19-29-30(31(33)23-11-13-24(32)14-12-23)27-9-5-6-10-28(27)34(29)21-22-7-3-2-4-8-22/h2-18,31H,19-21H2,1H3. The Hall–Kier alpha value is -3.50. The average molecular weight is 523 g/mol. The lowest BCUT2D eigenvalue weighted by atomic mass is 9.89. The summed E-state index contributed by atoms with van der Waals surface area (Å²) < 4.78 is 9.06. The van der Waals surface area contributed by atoms with Crippen molar-refractivity contribution in [2.45, 2.75) is 19.0 Å². The molecule has 0 spiro atoms. The van der Waals surface area contributed by atoms with E-state index < -0.39 is 0 Å². The van der Waals surface area contributed by atoms with E-state index in [4.69, 9.17) is 4.74 Å². The number of para-hydroxylation sites is 1. The third-order valence-corrected chi connectivity index (χ3v) is 7.60. The Labute approximate surface area is 214 Å². The molecule has 0 amide bonds. The van der Waals surface area contributed by atoms with E-state index in [0.717, 1.165) is 29.7 Å². The number of benzene rings is 4. The molecular weight excluding hydrogens is 496 g/mol. The van der Waals surface area contributed by atoms with Crippen LogP contribution in [0.15, 0.2) is 108 Å². The second-order valence-electron chi connectivity index (χ2n) is 9.04. The molecule has 6 rings (SSSR count). The first-order valence-electron chi connectivity index (χ1n) is 12.0. The van der Waals surface area contributed by atoms with E-state index in [9.17, 15) is 0 Å². The molecule has 1 atom stereocenters. The quantitative estimate of drug-likeness (QED) is 0.236. The molecule has 1 aliphatic heterocycles. The molecule has 1 unspecified atom stereocenters. The highest BCUT2D eigenvalue weighted by Crippen LogP contribution is 2.44. The van der Waals surface area contributed by atoms with Gasteiger partial charge in [-0.3, -0.25) is 0 Å². The summed E-state index contributed by atoms with van der Waals surface area (Å²) in [4.78, 5) is 2.55. The Bertz CT molecular complexity index is 1460. The van der Waals surface area contributed by atoms with Crippen LogP contribution < -0.4 is 9.64 Å². The van der Waals surface area contributed by atoms with Gasteiger partial charge in [-0.15, -0.1) is 0 Å². The normalized spacial score (nSPS) is 15.3. The number of anilines is 1. The highest BCUT2D eigenvalue weighted by Gasteiger charge is 2.34. The third-order valence-electron chi connectivity index (χ3n) is 7.07. The molecule has 1 aromatic heterocycles. The molecule has 0 saturated heterocycles. The van der Waals surface area contributed by atoms with Crippen molar-refractivity contribution in [1.82, 2.24) is 4.57 Å². The zero-order valence-corrected chi connectivity index (χ0v) is 21.3. The van der Waals surface area contributed by atoms with E-state index in [1.807, 2.05) is 0 Å². The molecule has 0 saturated carbocycles. The van der Waals surface area contributed by atoms with Crippen molar-refractivity contribution in [2.75, 3.05) is 18.6 Å². The number of rotatable bonds is 5. The number of aromatic nitrogens is 1. The Morgan fingerprint density at radius 2 is 1.54 bits per heavy atom. The molecular formula is C31H27BrN2O. The fraction of sp³-hybridized carbons (Fsp3) is 0.161. The number of methoxy groups -OCH3 is 1. The molecule has 174 valence electrons. The van der Waals surface area contributed by atoms with Gasteiger partial charge in [-0.25, -0.2) is 0 Å². The minimum absolute atomic E-state index is 0.127. The summed E-state index contributed by atoms with van der Waals surface area (Å²) in [7, 11) is 1.72. The second kappa shape index (κ2) is 9.27. The van der Waals surface area contributed by atoms with Gasteiger partial charge < -0.3 is 14.2 Å².